The van der Waals surface area contributed by atoms with Gasteiger partial charge in [-0.25, -0.2) is 9.98 Å². The van der Waals surface area contributed by atoms with Gasteiger partial charge in [0.1, 0.15) is 23.2 Å². The molecule has 7 aromatic carbocycles. The minimum absolute atomic E-state index is 0.285. The number of amidine groups is 2. The molecule has 230 valence electrons. The number of hydrogen-bond donors (Lipinski definition) is 1. The van der Waals surface area contributed by atoms with Gasteiger partial charge < -0.3 is 9.73 Å². The maximum absolute atomic E-state index is 6.39. The predicted octanol–water partition coefficient (Wildman–Crippen LogP) is 10.6. The molecule has 0 bridgehead atoms. The van der Waals surface area contributed by atoms with Crippen LogP contribution in [0, 0.1) is 0 Å². The van der Waals surface area contributed by atoms with Crippen LogP contribution in [-0.2, 0) is 0 Å². The molecule has 0 aliphatic carbocycles. The summed E-state index contributed by atoms with van der Waals surface area (Å²) in [5.74, 6) is 1.50. The molecule has 0 saturated carbocycles. The Bertz CT molecular complexity index is 2810. The Hall–Kier alpha value is -6.59. The third kappa shape index (κ3) is 4.67. The van der Waals surface area contributed by atoms with Crippen molar-refractivity contribution in [1.29, 1.82) is 0 Å². The van der Waals surface area contributed by atoms with Crippen molar-refractivity contribution in [3.05, 3.63) is 175 Å². The van der Waals surface area contributed by atoms with Crippen molar-refractivity contribution in [2.75, 3.05) is 0 Å². The predicted molar refractivity (Wildman–Crippen MR) is 201 cm³/mol. The molecule has 1 aliphatic rings. The molecule has 0 radical (unpaired) electrons. The number of benzene rings is 7. The minimum atomic E-state index is -0.285. The first-order valence-corrected chi connectivity index (χ1v) is 16.4. The smallest absolute Gasteiger partial charge is 0.159 e. The van der Waals surface area contributed by atoms with E-state index in [0.29, 0.717) is 5.84 Å². The van der Waals surface area contributed by atoms with Crippen LogP contribution in [0.1, 0.15) is 22.9 Å². The molecule has 0 fully saturated rings. The van der Waals surface area contributed by atoms with E-state index in [9.17, 15) is 0 Å². The van der Waals surface area contributed by atoms with Crippen molar-refractivity contribution in [2.24, 2.45) is 9.98 Å². The zero-order chi connectivity index (χ0) is 32.3. The number of nitrogens with one attached hydrogen (secondary N) is 1. The minimum Gasteiger partial charge on any atom is -0.456 e. The first kappa shape index (κ1) is 27.5. The van der Waals surface area contributed by atoms with Crippen LogP contribution in [0.15, 0.2) is 172 Å². The van der Waals surface area contributed by atoms with E-state index in [1.165, 1.54) is 10.8 Å². The lowest BCUT2D eigenvalue weighted by Gasteiger charge is -2.24. The molecule has 5 nitrogen and oxygen atoms in total. The van der Waals surface area contributed by atoms with E-state index < -0.39 is 0 Å². The van der Waals surface area contributed by atoms with Crippen LogP contribution < -0.4 is 5.32 Å². The van der Waals surface area contributed by atoms with Gasteiger partial charge in [0.05, 0.1) is 0 Å². The SMILES string of the molecule is c1ccc(C2=NC(c3ccc4ccccc4c3)NC(c3ccc4c(-c5cccc6oc7cc8ccncc8cc7c56)cccc4c3)=N2)cc1. The highest BCUT2D eigenvalue weighted by Crippen LogP contribution is 2.40. The van der Waals surface area contributed by atoms with Crippen molar-refractivity contribution >= 4 is 65.9 Å². The highest BCUT2D eigenvalue weighted by atomic mass is 16.3. The molecule has 0 spiro atoms. The van der Waals surface area contributed by atoms with Crippen LogP contribution in [0.4, 0.5) is 0 Å². The summed E-state index contributed by atoms with van der Waals surface area (Å²) < 4.78 is 6.39. The Morgan fingerprint density at radius 2 is 1.35 bits per heavy atom. The number of fused-ring (bicyclic) bond motifs is 6. The monoisotopic (exact) mass is 628 g/mol. The molecule has 1 unspecified atom stereocenters. The van der Waals surface area contributed by atoms with Crippen LogP contribution >= 0.6 is 0 Å². The number of rotatable bonds is 4. The summed E-state index contributed by atoms with van der Waals surface area (Å²) in [6, 6.07) is 50.9. The molecule has 5 heteroatoms. The third-order valence-electron chi connectivity index (χ3n) is 9.56. The Morgan fingerprint density at radius 1 is 0.531 bits per heavy atom. The lowest BCUT2D eigenvalue weighted by atomic mass is 9.93. The van der Waals surface area contributed by atoms with Gasteiger partial charge in [-0.05, 0) is 80.0 Å². The van der Waals surface area contributed by atoms with Gasteiger partial charge in [0, 0.05) is 39.7 Å². The van der Waals surface area contributed by atoms with Gasteiger partial charge in [-0.15, -0.1) is 0 Å². The van der Waals surface area contributed by atoms with Crippen LogP contribution in [0.3, 0.4) is 0 Å². The van der Waals surface area contributed by atoms with Crippen LogP contribution in [0.2, 0.25) is 0 Å². The van der Waals surface area contributed by atoms with Crippen molar-refractivity contribution in [3.8, 4) is 11.1 Å². The quantitative estimate of drug-likeness (QED) is 0.211. The maximum atomic E-state index is 6.39. The fourth-order valence-corrected chi connectivity index (χ4v) is 7.16. The summed E-state index contributed by atoms with van der Waals surface area (Å²) in [4.78, 5) is 14.5. The molecule has 1 aliphatic heterocycles. The number of nitrogens with zero attached hydrogens (tertiary/aromatic N) is 3. The maximum Gasteiger partial charge on any atom is 0.159 e. The zero-order valence-electron chi connectivity index (χ0n) is 26.3. The third-order valence-corrected chi connectivity index (χ3v) is 9.56. The van der Waals surface area contributed by atoms with Crippen molar-refractivity contribution in [1.82, 2.24) is 10.3 Å². The number of hydrogen-bond acceptors (Lipinski definition) is 5. The van der Waals surface area contributed by atoms with Crippen molar-refractivity contribution in [3.63, 3.8) is 0 Å². The second kappa shape index (κ2) is 11.0. The van der Waals surface area contributed by atoms with Gasteiger partial charge in [-0.3, -0.25) is 4.98 Å². The lowest BCUT2D eigenvalue weighted by molar-refractivity contribution is 0.669. The Morgan fingerprint density at radius 3 is 2.29 bits per heavy atom. The lowest BCUT2D eigenvalue weighted by Crippen LogP contribution is -2.33. The molecule has 1 atom stereocenters. The van der Waals surface area contributed by atoms with Crippen molar-refractivity contribution in [2.45, 2.75) is 6.17 Å². The van der Waals surface area contributed by atoms with Crippen molar-refractivity contribution < 1.29 is 4.42 Å². The van der Waals surface area contributed by atoms with Gasteiger partial charge in [0.15, 0.2) is 5.84 Å². The molecule has 0 amide bonds. The number of furan rings is 1. The van der Waals surface area contributed by atoms with E-state index in [0.717, 1.165) is 77.1 Å². The van der Waals surface area contributed by atoms with E-state index in [-0.39, 0.29) is 6.17 Å². The number of pyridine rings is 1. The summed E-state index contributed by atoms with van der Waals surface area (Å²) in [7, 11) is 0. The van der Waals surface area contributed by atoms with Gasteiger partial charge in [0.25, 0.3) is 0 Å². The van der Waals surface area contributed by atoms with Gasteiger partial charge >= 0.3 is 0 Å². The van der Waals surface area contributed by atoms with Gasteiger partial charge in [0.2, 0.25) is 0 Å². The summed E-state index contributed by atoms with van der Waals surface area (Å²) in [6.07, 6.45) is 3.45. The van der Waals surface area contributed by atoms with Crippen LogP contribution in [0.5, 0.6) is 0 Å². The second-order valence-electron chi connectivity index (χ2n) is 12.5. The molecule has 10 rings (SSSR count). The standard InChI is InChI=1S/C44H28N4O/c1-2-9-28(10-3-1)42-46-43(32-17-16-27-8-4-5-11-29(27)22-32)48-44(47-42)33-18-19-35-31(23-33)12-6-13-36(35)37-14-7-15-39-41(37)38-24-34-26-45-21-20-30(34)25-40(38)49-39/h1-26,43H,(H,46,47,48). The Labute approximate surface area is 281 Å². The summed E-state index contributed by atoms with van der Waals surface area (Å²) >= 11 is 0. The fourth-order valence-electron chi connectivity index (χ4n) is 7.16. The van der Waals surface area contributed by atoms with Gasteiger partial charge in [-0.2, -0.15) is 0 Å². The first-order chi connectivity index (χ1) is 24.2. The summed E-state index contributed by atoms with van der Waals surface area (Å²) in [5, 5.41) is 12.8. The molecular formula is C44H28N4O. The molecule has 3 heterocycles. The highest BCUT2D eigenvalue weighted by molar-refractivity contribution is 6.18. The van der Waals surface area contributed by atoms with Crippen LogP contribution in [-0.4, -0.2) is 16.7 Å². The second-order valence-corrected chi connectivity index (χ2v) is 12.5. The summed E-state index contributed by atoms with van der Waals surface area (Å²) in [6.45, 7) is 0. The Kier molecular flexibility index (Phi) is 6.18. The van der Waals surface area contributed by atoms with E-state index in [1.54, 1.807) is 0 Å². The molecule has 2 aromatic heterocycles. The van der Waals surface area contributed by atoms with E-state index in [2.05, 4.69) is 132 Å². The molecule has 49 heavy (non-hydrogen) atoms. The molecule has 0 saturated heterocycles. The van der Waals surface area contributed by atoms with E-state index in [4.69, 9.17) is 14.4 Å². The fraction of sp³-hybridized carbons (Fsp3) is 0.0227. The summed E-state index contributed by atoms with van der Waals surface area (Å²) in [5.41, 5.74) is 7.12. The van der Waals surface area contributed by atoms with Crippen LogP contribution in [0.25, 0.3) is 65.4 Å². The molecular weight excluding hydrogens is 601 g/mol. The normalized spacial score (nSPS) is 14.7. The molecule has 1 N–H and O–H groups in total. The van der Waals surface area contributed by atoms with Gasteiger partial charge in [-0.1, -0.05) is 109 Å². The zero-order valence-corrected chi connectivity index (χ0v) is 26.3. The average Bonchev–Trinajstić information content (AvgIpc) is 3.54. The first-order valence-electron chi connectivity index (χ1n) is 16.4. The highest BCUT2D eigenvalue weighted by Gasteiger charge is 2.22. The Balaban J connectivity index is 1.09. The number of aliphatic imine (C=N–C) groups is 2. The average molecular weight is 629 g/mol. The largest absolute Gasteiger partial charge is 0.456 e. The number of aromatic nitrogens is 1. The topological polar surface area (TPSA) is 62.8 Å². The van der Waals surface area contributed by atoms with E-state index in [1.807, 2.05) is 36.7 Å². The van der Waals surface area contributed by atoms with E-state index >= 15 is 0 Å². The molecule has 9 aromatic rings.